The third-order valence-electron chi connectivity index (χ3n) is 4.91. The van der Waals surface area contributed by atoms with E-state index in [0.717, 1.165) is 19.3 Å². The first-order valence-corrected chi connectivity index (χ1v) is 7.81. The predicted octanol–water partition coefficient (Wildman–Crippen LogP) is 3.17. The zero-order chi connectivity index (χ0) is 13.1. The lowest BCUT2D eigenvalue weighted by molar-refractivity contribution is 0.00537. The molecule has 3 rings (SSSR count). The van der Waals surface area contributed by atoms with Gasteiger partial charge in [0.2, 0.25) is 0 Å². The molecule has 0 aromatic heterocycles. The van der Waals surface area contributed by atoms with Crippen LogP contribution in [0.3, 0.4) is 0 Å². The average Bonchev–Trinajstić information content (AvgIpc) is 2.49. The van der Waals surface area contributed by atoms with Gasteiger partial charge in [0.05, 0.1) is 6.10 Å². The SMILES string of the molecule is OC1CCC(c2ccccc2)CC1N1CCCCC1. The van der Waals surface area contributed by atoms with Gasteiger partial charge < -0.3 is 5.11 Å². The first kappa shape index (κ1) is 13.1. The molecule has 2 aliphatic rings. The van der Waals surface area contributed by atoms with Crippen molar-refractivity contribution in [1.82, 2.24) is 4.90 Å². The molecule has 1 aromatic carbocycles. The third kappa shape index (κ3) is 3.01. The number of benzene rings is 1. The summed E-state index contributed by atoms with van der Waals surface area (Å²) in [5, 5.41) is 10.3. The zero-order valence-corrected chi connectivity index (χ0v) is 11.7. The Bertz CT molecular complexity index is 386. The normalized spacial score (nSPS) is 33.2. The molecule has 0 amide bonds. The third-order valence-corrected chi connectivity index (χ3v) is 4.91. The summed E-state index contributed by atoms with van der Waals surface area (Å²) in [5.41, 5.74) is 1.46. The van der Waals surface area contributed by atoms with Gasteiger partial charge in [0.1, 0.15) is 0 Å². The molecule has 0 spiro atoms. The van der Waals surface area contributed by atoms with Crippen LogP contribution in [0.2, 0.25) is 0 Å². The van der Waals surface area contributed by atoms with Crippen LogP contribution < -0.4 is 0 Å². The van der Waals surface area contributed by atoms with E-state index in [1.165, 1.54) is 37.9 Å². The minimum atomic E-state index is -0.113. The Morgan fingerprint density at radius 1 is 0.947 bits per heavy atom. The van der Waals surface area contributed by atoms with Gasteiger partial charge in [-0.2, -0.15) is 0 Å². The summed E-state index contributed by atoms with van der Waals surface area (Å²) in [6.45, 7) is 2.37. The summed E-state index contributed by atoms with van der Waals surface area (Å²) >= 11 is 0. The molecule has 1 aliphatic carbocycles. The number of aliphatic hydroxyl groups excluding tert-OH is 1. The van der Waals surface area contributed by atoms with Crippen molar-refractivity contribution < 1.29 is 5.11 Å². The standard InChI is InChI=1S/C17H25NO/c19-17-10-9-15(14-7-3-1-4-8-14)13-16(17)18-11-5-2-6-12-18/h1,3-4,7-8,15-17,19H,2,5-6,9-13H2. The first-order chi connectivity index (χ1) is 9.34. The van der Waals surface area contributed by atoms with Crippen molar-refractivity contribution in [3.05, 3.63) is 35.9 Å². The Balaban J connectivity index is 1.70. The van der Waals surface area contributed by atoms with Crippen LogP contribution >= 0.6 is 0 Å². The molecule has 0 radical (unpaired) electrons. The van der Waals surface area contributed by atoms with Crippen LogP contribution in [-0.2, 0) is 0 Å². The van der Waals surface area contributed by atoms with Crippen LogP contribution in [0.25, 0.3) is 0 Å². The quantitative estimate of drug-likeness (QED) is 0.882. The van der Waals surface area contributed by atoms with Crippen molar-refractivity contribution in [3.8, 4) is 0 Å². The molecule has 2 heteroatoms. The van der Waals surface area contributed by atoms with Gasteiger partial charge in [-0.3, -0.25) is 4.90 Å². The summed E-state index contributed by atoms with van der Waals surface area (Å²) in [4.78, 5) is 2.54. The van der Waals surface area contributed by atoms with Gasteiger partial charge >= 0.3 is 0 Å². The summed E-state index contributed by atoms with van der Waals surface area (Å²) in [5.74, 6) is 0.636. The Labute approximate surface area is 116 Å². The lowest BCUT2D eigenvalue weighted by Gasteiger charge is -2.42. The van der Waals surface area contributed by atoms with Crippen LogP contribution in [0.4, 0.5) is 0 Å². The molecule has 0 bridgehead atoms. The minimum absolute atomic E-state index is 0.113. The zero-order valence-electron chi connectivity index (χ0n) is 11.7. The van der Waals surface area contributed by atoms with Gasteiger partial charge in [-0.15, -0.1) is 0 Å². The van der Waals surface area contributed by atoms with E-state index in [2.05, 4.69) is 35.2 Å². The monoisotopic (exact) mass is 259 g/mol. The van der Waals surface area contributed by atoms with E-state index >= 15 is 0 Å². The van der Waals surface area contributed by atoms with Gasteiger partial charge in [0, 0.05) is 6.04 Å². The van der Waals surface area contributed by atoms with Crippen LogP contribution in [0, 0.1) is 0 Å². The number of hydrogen-bond acceptors (Lipinski definition) is 2. The number of aliphatic hydroxyl groups is 1. The van der Waals surface area contributed by atoms with Crippen molar-refractivity contribution >= 4 is 0 Å². The fourth-order valence-electron chi connectivity index (χ4n) is 3.80. The van der Waals surface area contributed by atoms with Gasteiger partial charge in [0.25, 0.3) is 0 Å². The van der Waals surface area contributed by atoms with Crippen LogP contribution in [0.5, 0.6) is 0 Å². The maximum atomic E-state index is 10.3. The van der Waals surface area contributed by atoms with E-state index in [0.29, 0.717) is 12.0 Å². The van der Waals surface area contributed by atoms with Crippen molar-refractivity contribution in [2.24, 2.45) is 0 Å². The smallest absolute Gasteiger partial charge is 0.0695 e. The highest BCUT2D eigenvalue weighted by Crippen LogP contribution is 2.36. The first-order valence-electron chi connectivity index (χ1n) is 7.81. The molecule has 104 valence electrons. The highest BCUT2D eigenvalue weighted by atomic mass is 16.3. The highest BCUT2D eigenvalue weighted by molar-refractivity contribution is 5.20. The minimum Gasteiger partial charge on any atom is -0.391 e. The largest absolute Gasteiger partial charge is 0.391 e. The Morgan fingerprint density at radius 2 is 1.68 bits per heavy atom. The molecule has 1 aliphatic heterocycles. The van der Waals surface area contributed by atoms with Crippen LogP contribution in [0.15, 0.2) is 30.3 Å². The second-order valence-electron chi connectivity index (χ2n) is 6.15. The molecule has 2 fully saturated rings. The van der Waals surface area contributed by atoms with Crippen LogP contribution in [-0.4, -0.2) is 35.2 Å². The summed E-state index contributed by atoms with van der Waals surface area (Å²) in [6, 6.07) is 11.2. The molecule has 3 atom stereocenters. The van der Waals surface area contributed by atoms with Gasteiger partial charge in [0.15, 0.2) is 0 Å². The molecule has 1 heterocycles. The number of nitrogens with zero attached hydrogens (tertiary/aromatic N) is 1. The second kappa shape index (κ2) is 6.06. The molecule has 1 N–H and O–H groups in total. The fraction of sp³-hybridized carbons (Fsp3) is 0.647. The van der Waals surface area contributed by atoms with E-state index < -0.39 is 0 Å². The van der Waals surface area contributed by atoms with Gasteiger partial charge in [-0.25, -0.2) is 0 Å². The number of piperidine rings is 1. The molecule has 2 nitrogen and oxygen atoms in total. The lowest BCUT2D eigenvalue weighted by atomic mass is 9.79. The molecule has 1 saturated carbocycles. The molecule has 1 aromatic rings. The summed E-state index contributed by atoms with van der Waals surface area (Å²) in [6.07, 6.45) is 7.08. The topological polar surface area (TPSA) is 23.5 Å². The maximum Gasteiger partial charge on any atom is 0.0695 e. The number of likely N-dealkylation sites (tertiary alicyclic amines) is 1. The molecular weight excluding hydrogens is 234 g/mol. The number of hydrogen-bond donors (Lipinski definition) is 1. The van der Waals surface area contributed by atoms with Gasteiger partial charge in [-0.05, 0) is 56.7 Å². The molecule has 19 heavy (non-hydrogen) atoms. The highest BCUT2D eigenvalue weighted by Gasteiger charge is 2.34. The maximum absolute atomic E-state index is 10.3. The molecule has 1 saturated heterocycles. The fourth-order valence-corrected chi connectivity index (χ4v) is 3.80. The van der Waals surface area contributed by atoms with Crippen molar-refractivity contribution in [2.45, 2.75) is 56.6 Å². The predicted molar refractivity (Wildman–Crippen MR) is 78.3 cm³/mol. The Kier molecular flexibility index (Phi) is 4.19. The molecule has 3 unspecified atom stereocenters. The molecular formula is C17H25NO. The number of rotatable bonds is 2. The van der Waals surface area contributed by atoms with Crippen LogP contribution in [0.1, 0.15) is 50.0 Å². The Morgan fingerprint density at radius 3 is 2.42 bits per heavy atom. The van der Waals surface area contributed by atoms with E-state index in [4.69, 9.17) is 0 Å². The van der Waals surface area contributed by atoms with Crippen molar-refractivity contribution in [1.29, 1.82) is 0 Å². The van der Waals surface area contributed by atoms with Gasteiger partial charge in [-0.1, -0.05) is 36.8 Å². The van der Waals surface area contributed by atoms with E-state index in [1.807, 2.05) is 0 Å². The summed E-state index contributed by atoms with van der Waals surface area (Å²) < 4.78 is 0. The van der Waals surface area contributed by atoms with E-state index in [-0.39, 0.29) is 6.10 Å². The van der Waals surface area contributed by atoms with Crippen molar-refractivity contribution in [2.75, 3.05) is 13.1 Å². The van der Waals surface area contributed by atoms with Crippen molar-refractivity contribution in [3.63, 3.8) is 0 Å². The average molecular weight is 259 g/mol. The Hall–Kier alpha value is -0.860. The second-order valence-corrected chi connectivity index (χ2v) is 6.15. The van der Waals surface area contributed by atoms with E-state index in [1.54, 1.807) is 0 Å². The lowest BCUT2D eigenvalue weighted by Crippen LogP contribution is -2.48. The van der Waals surface area contributed by atoms with E-state index in [9.17, 15) is 5.11 Å². The summed E-state index contributed by atoms with van der Waals surface area (Å²) in [7, 11) is 0.